The number of hydrogen-bond donors (Lipinski definition) is 1. The van der Waals surface area contributed by atoms with Crippen LogP contribution in [-0.2, 0) is 0 Å². The number of aliphatic hydroxyl groups is 1. The zero-order valence-electron chi connectivity index (χ0n) is 5.75. The monoisotopic (exact) mass is 154 g/mol. The highest BCUT2D eigenvalue weighted by Crippen LogP contribution is 2.32. The second-order valence-corrected chi connectivity index (χ2v) is 2.51. The van der Waals surface area contributed by atoms with Crippen molar-refractivity contribution in [1.29, 1.82) is 0 Å². The van der Waals surface area contributed by atoms with Crippen LogP contribution in [0.5, 0.6) is 5.75 Å². The van der Waals surface area contributed by atoms with Crippen LogP contribution in [-0.4, -0.2) is 11.7 Å². The molecule has 2 nitrogen and oxygen atoms in total. The number of ether oxygens (including phenoxy) is 1. The first-order valence-corrected chi connectivity index (χ1v) is 3.37. The van der Waals surface area contributed by atoms with Gasteiger partial charge in [-0.25, -0.2) is 4.39 Å². The molecule has 2 rings (SSSR count). The lowest BCUT2D eigenvalue weighted by molar-refractivity contribution is 0.140. The average molecular weight is 154 g/mol. The highest BCUT2D eigenvalue weighted by atomic mass is 19.1. The molecule has 1 aliphatic heterocycles. The van der Waals surface area contributed by atoms with Crippen molar-refractivity contribution in [1.82, 2.24) is 0 Å². The van der Waals surface area contributed by atoms with E-state index in [-0.39, 0.29) is 12.4 Å². The number of fused-ring (bicyclic) bond motifs is 1. The standard InChI is InChI=1S/C8H7FO2/c9-5-1-2-8-6(3-5)7(10)4-11-8/h1-3,7,10H,4H2. The first-order valence-electron chi connectivity index (χ1n) is 3.37. The van der Waals surface area contributed by atoms with Crippen molar-refractivity contribution in [3.05, 3.63) is 29.6 Å². The smallest absolute Gasteiger partial charge is 0.125 e. The summed E-state index contributed by atoms with van der Waals surface area (Å²) in [6.45, 7) is 0.235. The van der Waals surface area contributed by atoms with Crippen LogP contribution in [0.25, 0.3) is 0 Å². The van der Waals surface area contributed by atoms with Crippen molar-refractivity contribution in [2.75, 3.05) is 6.61 Å². The molecule has 0 amide bonds. The Morgan fingerprint density at radius 2 is 2.36 bits per heavy atom. The average Bonchev–Trinajstić information content (AvgIpc) is 2.33. The van der Waals surface area contributed by atoms with Crippen molar-refractivity contribution in [3.63, 3.8) is 0 Å². The van der Waals surface area contributed by atoms with Crippen LogP contribution in [0.15, 0.2) is 18.2 Å². The van der Waals surface area contributed by atoms with Crippen molar-refractivity contribution >= 4 is 0 Å². The SMILES string of the molecule is OC1COc2ccc(F)cc21. The summed E-state index contributed by atoms with van der Waals surface area (Å²) in [5.74, 6) is 0.243. The zero-order chi connectivity index (χ0) is 7.84. The molecule has 1 heterocycles. The Kier molecular flexibility index (Phi) is 1.32. The van der Waals surface area contributed by atoms with E-state index in [4.69, 9.17) is 4.74 Å². The molecule has 3 heteroatoms. The largest absolute Gasteiger partial charge is 0.490 e. The summed E-state index contributed by atoms with van der Waals surface area (Å²) in [5.41, 5.74) is 0.546. The van der Waals surface area contributed by atoms with Gasteiger partial charge in [-0.15, -0.1) is 0 Å². The fourth-order valence-electron chi connectivity index (χ4n) is 1.17. The van der Waals surface area contributed by atoms with Gasteiger partial charge in [0.15, 0.2) is 0 Å². The number of rotatable bonds is 0. The second kappa shape index (κ2) is 2.20. The zero-order valence-corrected chi connectivity index (χ0v) is 5.75. The van der Waals surface area contributed by atoms with Gasteiger partial charge in [0.2, 0.25) is 0 Å². The molecular weight excluding hydrogens is 147 g/mol. The van der Waals surface area contributed by atoms with Gasteiger partial charge >= 0.3 is 0 Å². The fraction of sp³-hybridized carbons (Fsp3) is 0.250. The third kappa shape index (κ3) is 0.973. The normalized spacial score (nSPS) is 21.1. The Bertz CT molecular complexity index is 285. The number of hydrogen-bond acceptors (Lipinski definition) is 2. The summed E-state index contributed by atoms with van der Waals surface area (Å²) < 4.78 is 17.6. The topological polar surface area (TPSA) is 29.5 Å². The molecule has 1 atom stereocenters. The Morgan fingerprint density at radius 1 is 1.55 bits per heavy atom. The van der Waals surface area contributed by atoms with Crippen LogP contribution in [0.4, 0.5) is 4.39 Å². The predicted molar refractivity (Wildman–Crippen MR) is 36.9 cm³/mol. The van der Waals surface area contributed by atoms with Crippen LogP contribution in [0.3, 0.4) is 0 Å². The van der Waals surface area contributed by atoms with E-state index in [1.54, 1.807) is 0 Å². The number of halogens is 1. The van der Waals surface area contributed by atoms with Crippen molar-refractivity contribution < 1.29 is 14.2 Å². The minimum Gasteiger partial charge on any atom is -0.490 e. The van der Waals surface area contributed by atoms with Gasteiger partial charge in [0.1, 0.15) is 24.3 Å². The highest BCUT2D eigenvalue weighted by molar-refractivity contribution is 5.38. The highest BCUT2D eigenvalue weighted by Gasteiger charge is 2.21. The Labute approximate surface area is 63.2 Å². The van der Waals surface area contributed by atoms with E-state index < -0.39 is 6.10 Å². The molecule has 1 aliphatic rings. The van der Waals surface area contributed by atoms with E-state index >= 15 is 0 Å². The van der Waals surface area contributed by atoms with Crippen molar-refractivity contribution in [2.24, 2.45) is 0 Å². The van der Waals surface area contributed by atoms with E-state index in [0.29, 0.717) is 11.3 Å². The van der Waals surface area contributed by atoms with Gasteiger partial charge in [0, 0.05) is 5.56 Å². The number of aliphatic hydroxyl groups excluding tert-OH is 1. The molecule has 1 aromatic carbocycles. The molecule has 0 saturated heterocycles. The lowest BCUT2D eigenvalue weighted by atomic mass is 10.1. The first-order chi connectivity index (χ1) is 5.27. The molecule has 0 saturated carbocycles. The molecule has 0 spiro atoms. The molecule has 0 fully saturated rings. The van der Waals surface area contributed by atoms with Gasteiger partial charge in [-0.05, 0) is 18.2 Å². The lowest BCUT2D eigenvalue weighted by Gasteiger charge is -1.97. The van der Waals surface area contributed by atoms with Gasteiger partial charge in [0.25, 0.3) is 0 Å². The van der Waals surface area contributed by atoms with Gasteiger partial charge in [-0.3, -0.25) is 0 Å². The molecule has 0 bridgehead atoms. The molecule has 11 heavy (non-hydrogen) atoms. The van der Waals surface area contributed by atoms with E-state index in [2.05, 4.69) is 0 Å². The first kappa shape index (κ1) is 6.61. The fourth-order valence-corrected chi connectivity index (χ4v) is 1.17. The molecular formula is C8H7FO2. The Hall–Kier alpha value is -1.09. The summed E-state index contributed by atoms with van der Waals surface area (Å²) in [5, 5.41) is 9.21. The van der Waals surface area contributed by atoms with Gasteiger partial charge < -0.3 is 9.84 Å². The predicted octanol–water partition coefficient (Wildman–Crippen LogP) is 1.25. The summed E-state index contributed by atoms with van der Waals surface area (Å²) in [6, 6.07) is 4.14. The molecule has 1 N–H and O–H groups in total. The van der Waals surface area contributed by atoms with Crippen LogP contribution >= 0.6 is 0 Å². The summed E-state index contributed by atoms with van der Waals surface area (Å²) in [6.07, 6.45) is -0.666. The minimum atomic E-state index is -0.666. The van der Waals surface area contributed by atoms with Crippen LogP contribution < -0.4 is 4.74 Å². The van der Waals surface area contributed by atoms with E-state index in [0.717, 1.165) is 0 Å². The van der Waals surface area contributed by atoms with Crippen LogP contribution in [0, 0.1) is 5.82 Å². The maximum Gasteiger partial charge on any atom is 0.125 e. The van der Waals surface area contributed by atoms with E-state index in [9.17, 15) is 9.50 Å². The third-order valence-corrected chi connectivity index (χ3v) is 1.73. The quantitative estimate of drug-likeness (QED) is 0.609. The molecule has 1 aromatic rings. The second-order valence-electron chi connectivity index (χ2n) is 2.51. The van der Waals surface area contributed by atoms with Gasteiger partial charge in [-0.1, -0.05) is 0 Å². The van der Waals surface area contributed by atoms with Gasteiger partial charge in [0.05, 0.1) is 0 Å². The minimum absolute atomic E-state index is 0.235. The van der Waals surface area contributed by atoms with E-state index in [1.807, 2.05) is 0 Å². The maximum atomic E-state index is 12.6. The summed E-state index contributed by atoms with van der Waals surface area (Å²) >= 11 is 0. The Morgan fingerprint density at radius 3 is 3.18 bits per heavy atom. The molecule has 1 unspecified atom stereocenters. The lowest BCUT2D eigenvalue weighted by Crippen LogP contribution is -1.97. The summed E-state index contributed by atoms with van der Waals surface area (Å²) in [7, 11) is 0. The molecule has 0 radical (unpaired) electrons. The van der Waals surface area contributed by atoms with Gasteiger partial charge in [-0.2, -0.15) is 0 Å². The van der Waals surface area contributed by atoms with Crippen molar-refractivity contribution in [3.8, 4) is 5.75 Å². The van der Waals surface area contributed by atoms with Crippen LogP contribution in [0.2, 0.25) is 0 Å². The van der Waals surface area contributed by atoms with E-state index in [1.165, 1.54) is 18.2 Å². The van der Waals surface area contributed by atoms with Crippen molar-refractivity contribution in [2.45, 2.75) is 6.10 Å². The molecule has 0 aliphatic carbocycles. The number of benzene rings is 1. The van der Waals surface area contributed by atoms with Crippen LogP contribution in [0.1, 0.15) is 11.7 Å². The molecule has 0 aromatic heterocycles. The third-order valence-electron chi connectivity index (χ3n) is 1.73. The summed E-state index contributed by atoms with van der Waals surface area (Å²) in [4.78, 5) is 0. The molecule has 58 valence electrons. The Balaban J connectivity index is 2.52. The maximum absolute atomic E-state index is 12.6.